The minimum Gasteiger partial charge on any atom is -0.306 e. The first kappa shape index (κ1) is 10.9. The third kappa shape index (κ3) is 3.30. The van der Waals surface area contributed by atoms with E-state index in [1.807, 2.05) is 0 Å². The zero-order valence-corrected chi connectivity index (χ0v) is 7.98. The summed E-state index contributed by atoms with van der Waals surface area (Å²) in [4.78, 5) is 0. The van der Waals surface area contributed by atoms with E-state index in [1.54, 1.807) is 0 Å². The Morgan fingerprint density at radius 2 is 1.70 bits per heavy atom. The summed E-state index contributed by atoms with van der Waals surface area (Å²) in [6, 6.07) is 0. The molecule has 0 spiro atoms. The molecule has 1 atom stereocenters. The van der Waals surface area contributed by atoms with Gasteiger partial charge in [0, 0.05) is 22.4 Å². The first-order valence-corrected chi connectivity index (χ1v) is 4.57. The van der Waals surface area contributed by atoms with Crippen LogP contribution >= 0.6 is 0 Å². The van der Waals surface area contributed by atoms with Crippen molar-refractivity contribution in [3.05, 3.63) is 0 Å². The largest absolute Gasteiger partial charge is 0.306 e. The molecule has 0 bridgehead atoms. The summed E-state index contributed by atoms with van der Waals surface area (Å²) in [6.45, 7) is 0. The molecule has 2 nitrogen and oxygen atoms in total. The van der Waals surface area contributed by atoms with Crippen molar-refractivity contribution in [1.29, 1.82) is 0 Å². The van der Waals surface area contributed by atoms with Crippen molar-refractivity contribution in [2.45, 2.75) is 37.4 Å². The van der Waals surface area contributed by atoms with E-state index in [9.17, 15) is 4.21 Å². The van der Waals surface area contributed by atoms with E-state index >= 15 is 0 Å². The van der Waals surface area contributed by atoms with Gasteiger partial charge in [-0.05, 0) is 12.8 Å². The Balaban J connectivity index is 0.000000810. The molecule has 0 amide bonds. The SMILES string of the molecule is O=S(O)C1CCCCC1.[Ag]. The number of hydrogen-bond donors (Lipinski definition) is 1. The van der Waals surface area contributed by atoms with Crippen LogP contribution in [0.4, 0.5) is 0 Å². The van der Waals surface area contributed by atoms with E-state index in [2.05, 4.69) is 0 Å². The zero-order chi connectivity index (χ0) is 6.69. The topological polar surface area (TPSA) is 37.3 Å². The van der Waals surface area contributed by atoms with Crippen molar-refractivity contribution in [3.8, 4) is 0 Å². The Morgan fingerprint density at radius 3 is 2.00 bits per heavy atom. The van der Waals surface area contributed by atoms with Gasteiger partial charge in [-0.25, -0.2) is 4.21 Å². The Bertz CT molecular complexity index is 112. The third-order valence-corrected chi connectivity index (χ3v) is 2.88. The first-order chi connectivity index (χ1) is 4.30. The zero-order valence-electron chi connectivity index (χ0n) is 5.68. The third-order valence-electron chi connectivity index (χ3n) is 1.84. The van der Waals surface area contributed by atoms with Crippen molar-refractivity contribution in [1.82, 2.24) is 0 Å². The van der Waals surface area contributed by atoms with Gasteiger partial charge in [0.1, 0.15) is 0 Å². The van der Waals surface area contributed by atoms with Crippen LogP contribution < -0.4 is 0 Å². The molecule has 4 heteroatoms. The molecule has 1 aliphatic rings. The Hall–Kier alpha value is 0.850. The van der Waals surface area contributed by atoms with Crippen molar-refractivity contribution >= 4 is 11.1 Å². The van der Waals surface area contributed by atoms with Crippen LogP contribution in [0, 0.1) is 0 Å². The minimum atomic E-state index is -1.55. The molecule has 0 heterocycles. The van der Waals surface area contributed by atoms with Crippen LogP contribution in [-0.2, 0) is 33.5 Å². The molecular weight excluding hydrogens is 244 g/mol. The average molecular weight is 256 g/mol. The monoisotopic (exact) mass is 255 g/mol. The van der Waals surface area contributed by atoms with Gasteiger partial charge in [0.15, 0.2) is 11.1 Å². The van der Waals surface area contributed by atoms with Gasteiger partial charge in [-0.15, -0.1) is 0 Å². The summed E-state index contributed by atoms with van der Waals surface area (Å²) in [5, 5.41) is 0.0822. The second kappa shape index (κ2) is 5.49. The van der Waals surface area contributed by atoms with E-state index in [1.165, 1.54) is 6.42 Å². The van der Waals surface area contributed by atoms with Crippen molar-refractivity contribution in [2.75, 3.05) is 0 Å². The molecule has 0 saturated heterocycles. The Morgan fingerprint density at radius 1 is 1.20 bits per heavy atom. The van der Waals surface area contributed by atoms with E-state index in [0.717, 1.165) is 25.7 Å². The molecule has 0 aromatic rings. The molecule has 65 valence electrons. The van der Waals surface area contributed by atoms with Crippen LogP contribution in [0.2, 0.25) is 0 Å². The van der Waals surface area contributed by atoms with Crippen molar-refractivity contribution in [3.63, 3.8) is 0 Å². The fourth-order valence-corrected chi connectivity index (χ4v) is 2.00. The maximum atomic E-state index is 10.5. The van der Waals surface area contributed by atoms with Crippen molar-refractivity contribution in [2.24, 2.45) is 0 Å². The molecule has 1 unspecified atom stereocenters. The van der Waals surface area contributed by atoms with Crippen LogP contribution in [0.15, 0.2) is 0 Å². The summed E-state index contributed by atoms with van der Waals surface area (Å²) in [7, 11) is 0. The van der Waals surface area contributed by atoms with Crippen molar-refractivity contribution < 1.29 is 31.1 Å². The molecule has 1 fully saturated rings. The van der Waals surface area contributed by atoms with Gasteiger partial charge in [0.2, 0.25) is 0 Å². The van der Waals surface area contributed by atoms with Crippen LogP contribution in [0.3, 0.4) is 0 Å². The summed E-state index contributed by atoms with van der Waals surface area (Å²) in [5.74, 6) is 0. The normalized spacial score (nSPS) is 23.3. The van der Waals surface area contributed by atoms with Crippen LogP contribution in [0.5, 0.6) is 0 Å². The fourth-order valence-electron chi connectivity index (χ4n) is 1.27. The molecule has 1 saturated carbocycles. The van der Waals surface area contributed by atoms with Gasteiger partial charge in [0.05, 0.1) is 5.25 Å². The van der Waals surface area contributed by atoms with Crippen LogP contribution in [-0.4, -0.2) is 14.0 Å². The first-order valence-electron chi connectivity index (χ1n) is 3.40. The predicted octanol–water partition coefficient (Wildman–Crippen LogP) is 1.54. The van der Waals surface area contributed by atoms with Crippen LogP contribution in [0.1, 0.15) is 32.1 Å². The van der Waals surface area contributed by atoms with E-state index in [0.29, 0.717) is 0 Å². The summed E-state index contributed by atoms with van der Waals surface area (Å²) >= 11 is -1.55. The van der Waals surface area contributed by atoms with E-state index in [4.69, 9.17) is 4.55 Å². The summed E-state index contributed by atoms with van der Waals surface area (Å²) in [5.41, 5.74) is 0. The molecule has 0 aromatic carbocycles. The average Bonchev–Trinajstić information content (AvgIpc) is 1.90. The van der Waals surface area contributed by atoms with Gasteiger partial charge in [-0.3, -0.25) is 0 Å². The Labute approximate surface area is 79.6 Å². The fraction of sp³-hybridized carbons (Fsp3) is 1.00. The van der Waals surface area contributed by atoms with Gasteiger partial charge < -0.3 is 4.55 Å². The summed E-state index contributed by atoms with van der Waals surface area (Å²) in [6.07, 6.45) is 5.41. The standard InChI is InChI=1S/C6H12O2S.Ag/c7-9(8)6-4-2-1-3-5-6;/h6H,1-5H2,(H,7,8);. The smallest absolute Gasteiger partial charge is 0.155 e. The van der Waals surface area contributed by atoms with Crippen LogP contribution in [0.25, 0.3) is 0 Å². The second-order valence-corrected chi connectivity index (χ2v) is 3.76. The second-order valence-electron chi connectivity index (χ2n) is 2.54. The van der Waals surface area contributed by atoms with Gasteiger partial charge in [-0.2, -0.15) is 0 Å². The maximum absolute atomic E-state index is 10.5. The van der Waals surface area contributed by atoms with Gasteiger partial charge >= 0.3 is 0 Å². The molecule has 0 aliphatic heterocycles. The molecule has 1 rings (SSSR count). The molecule has 1 aliphatic carbocycles. The number of rotatable bonds is 1. The Kier molecular flexibility index (Phi) is 5.96. The van der Waals surface area contributed by atoms with E-state index in [-0.39, 0.29) is 27.6 Å². The number of hydrogen-bond acceptors (Lipinski definition) is 1. The van der Waals surface area contributed by atoms with Gasteiger partial charge in [0.25, 0.3) is 0 Å². The minimum absolute atomic E-state index is 0. The van der Waals surface area contributed by atoms with E-state index < -0.39 is 11.1 Å². The molecular formula is C6H12AgO2S. The molecule has 1 N–H and O–H groups in total. The molecule has 0 aromatic heterocycles. The maximum Gasteiger partial charge on any atom is 0.155 e. The van der Waals surface area contributed by atoms with Gasteiger partial charge in [-0.1, -0.05) is 19.3 Å². The summed E-state index contributed by atoms with van der Waals surface area (Å²) < 4.78 is 19.1. The molecule has 1 radical (unpaired) electrons. The quantitative estimate of drug-likeness (QED) is 0.570. The predicted molar refractivity (Wildman–Crippen MR) is 37.6 cm³/mol. The molecule has 10 heavy (non-hydrogen) atoms.